The van der Waals surface area contributed by atoms with E-state index in [4.69, 9.17) is 27.3 Å². The molecule has 0 spiro atoms. The minimum Gasteiger partial charge on any atom is -0.396 e. The number of hydrogen-bond donors (Lipinski definition) is 1. The van der Waals surface area contributed by atoms with Crippen molar-refractivity contribution in [2.45, 2.75) is 89.6 Å². The highest BCUT2D eigenvalue weighted by molar-refractivity contribution is 7.44. The van der Waals surface area contributed by atoms with Gasteiger partial charge in [-0.3, -0.25) is 0 Å². The van der Waals surface area contributed by atoms with Crippen LogP contribution >= 0.6 is 22.2 Å². The molecule has 116 valence electrons. The average Bonchev–Trinajstić information content (AvgIpc) is 2.34. The molecule has 0 saturated heterocycles. The molecule has 0 fully saturated rings. The Morgan fingerprint density at radius 3 is 1.26 bits per heavy atom. The number of halogens is 2. The van der Waals surface area contributed by atoms with Gasteiger partial charge in [-0.05, 0) is 19.0 Å². The van der Waals surface area contributed by atoms with Crippen molar-refractivity contribution < 1.29 is 5.11 Å². The van der Waals surface area contributed by atoms with E-state index in [-0.39, 0.29) is 0 Å². The largest absolute Gasteiger partial charge is 0.396 e. The fourth-order valence-corrected chi connectivity index (χ4v) is 3.99. The quantitative estimate of drug-likeness (QED) is 0.228. The molecule has 0 unspecified atom stereocenters. The Labute approximate surface area is 130 Å². The Kier molecular flexibility index (Phi) is 14.3. The van der Waals surface area contributed by atoms with Gasteiger partial charge in [0.15, 0.2) is 0 Å². The van der Waals surface area contributed by atoms with Crippen LogP contribution in [0.15, 0.2) is 0 Å². The molecule has 0 atom stereocenters. The standard InChI is InChI=1S/C15H32Cl2OSi/c1-19(16,17)15-13-11-9-7-5-3-2-4-6-8-10-12-14-18/h18H,2-15H2,1H3. The highest BCUT2D eigenvalue weighted by Crippen LogP contribution is 2.23. The monoisotopic (exact) mass is 326 g/mol. The molecule has 0 heterocycles. The molecule has 1 N–H and O–H groups in total. The summed E-state index contributed by atoms with van der Waals surface area (Å²) in [6.45, 7) is 0.538. The van der Waals surface area contributed by atoms with Crippen molar-refractivity contribution >= 4 is 28.9 Å². The number of aliphatic hydroxyl groups is 1. The van der Waals surface area contributed by atoms with E-state index < -0.39 is 6.69 Å². The number of rotatable bonds is 14. The maximum atomic E-state index is 8.66. The van der Waals surface area contributed by atoms with Crippen molar-refractivity contribution in [3.8, 4) is 0 Å². The van der Waals surface area contributed by atoms with E-state index in [1.54, 1.807) is 0 Å². The lowest BCUT2D eigenvalue weighted by molar-refractivity contribution is 0.282. The first-order valence-electron chi connectivity index (χ1n) is 8.05. The highest BCUT2D eigenvalue weighted by Gasteiger charge is 2.19. The molecule has 4 heteroatoms. The van der Waals surface area contributed by atoms with Gasteiger partial charge in [0.2, 0.25) is 6.69 Å². The van der Waals surface area contributed by atoms with Gasteiger partial charge in [-0.2, -0.15) is 0 Å². The van der Waals surface area contributed by atoms with Crippen LogP contribution < -0.4 is 0 Å². The van der Waals surface area contributed by atoms with Gasteiger partial charge >= 0.3 is 0 Å². The van der Waals surface area contributed by atoms with Crippen LogP contribution in [0.4, 0.5) is 0 Å². The first-order valence-corrected chi connectivity index (χ1v) is 12.8. The van der Waals surface area contributed by atoms with E-state index >= 15 is 0 Å². The number of aliphatic hydroxyl groups excluding tert-OH is 1. The lowest BCUT2D eigenvalue weighted by atomic mass is 10.1. The van der Waals surface area contributed by atoms with Crippen molar-refractivity contribution in [1.29, 1.82) is 0 Å². The normalized spacial score (nSPS) is 12.0. The molecule has 0 rings (SSSR count). The Balaban J connectivity index is 2.99. The molecule has 0 aliphatic carbocycles. The van der Waals surface area contributed by atoms with Gasteiger partial charge in [0.25, 0.3) is 0 Å². The molecule has 19 heavy (non-hydrogen) atoms. The fraction of sp³-hybridized carbons (Fsp3) is 1.00. The van der Waals surface area contributed by atoms with Crippen molar-refractivity contribution in [2.75, 3.05) is 6.61 Å². The third-order valence-corrected chi connectivity index (χ3v) is 5.89. The van der Waals surface area contributed by atoms with Gasteiger partial charge in [0, 0.05) is 6.61 Å². The zero-order chi connectivity index (χ0) is 14.4. The van der Waals surface area contributed by atoms with E-state index in [0.29, 0.717) is 6.61 Å². The first kappa shape index (κ1) is 19.8. The Morgan fingerprint density at radius 1 is 0.632 bits per heavy atom. The summed E-state index contributed by atoms with van der Waals surface area (Å²) in [6.07, 6.45) is 15.5. The van der Waals surface area contributed by atoms with Crippen molar-refractivity contribution in [3.05, 3.63) is 0 Å². The second-order valence-corrected chi connectivity index (χ2v) is 14.0. The highest BCUT2D eigenvalue weighted by atomic mass is 35.7. The lowest BCUT2D eigenvalue weighted by Gasteiger charge is -2.09. The van der Waals surface area contributed by atoms with Gasteiger partial charge < -0.3 is 5.11 Å². The maximum Gasteiger partial charge on any atom is 0.248 e. The van der Waals surface area contributed by atoms with E-state index in [0.717, 1.165) is 12.5 Å². The van der Waals surface area contributed by atoms with Crippen LogP contribution in [-0.2, 0) is 0 Å². The van der Waals surface area contributed by atoms with Crippen molar-refractivity contribution in [1.82, 2.24) is 0 Å². The molecule has 0 saturated carbocycles. The Morgan fingerprint density at radius 2 is 0.947 bits per heavy atom. The molecule has 0 bridgehead atoms. The number of hydrogen-bond acceptors (Lipinski definition) is 1. The van der Waals surface area contributed by atoms with Crippen LogP contribution in [0.5, 0.6) is 0 Å². The van der Waals surface area contributed by atoms with E-state index in [9.17, 15) is 0 Å². The predicted molar refractivity (Wildman–Crippen MR) is 90.6 cm³/mol. The zero-order valence-corrected chi connectivity index (χ0v) is 15.1. The van der Waals surface area contributed by atoms with Gasteiger partial charge in [-0.1, -0.05) is 70.6 Å². The van der Waals surface area contributed by atoms with E-state index in [1.165, 1.54) is 70.6 Å². The molecule has 0 amide bonds. The van der Waals surface area contributed by atoms with Gasteiger partial charge in [-0.15, -0.1) is 22.2 Å². The van der Waals surface area contributed by atoms with Crippen molar-refractivity contribution in [2.24, 2.45) is 0 Å². The fourth-order valence-electron chi connectivity index (χ4n) is 2.31. The molecule has 0 aromatic rings. The van der Waals surface area contributed by atoms with Crippen LogP contribution in [0.1, 0.15) is 77.0 Å². The first-order chi connectivity index (χ1) is 9.06. The topological polar surface area (TPSA) is 20.2 Å². The van der Waals surface area contributed by atoms with E-state index in [2.05, 4.69) is 0 Å². The summed E-state index contributed by atoms with van der Waals surface area (Å²) in [5.41, 5.74) is 0. The number of unbranched alkanes of at least 4 members (excludes halogenated alkanes) is 11. The lowest BCUT2D eigenvalue weighted by Crippen LogP contribution is -2.11. The molecule has 0 aromatic heterocycles. The average molecular weight is 327 g/mol. The van der Waals surface area contributed by atoms with Crippen LogP contribution in [0.25, 0.3) is 0 Å². The summed E-state index contributed by atoms with van der Waals surface area (Å²) >= 11 is 12.1. The third-order valence-electron chi connectivity index (χ3n) is 3.52. The van der Waals surface area contributed by atoms with E-state index in [1.807, 2.05) is 6.55 Å². The van der Waals surface area contributed by atoms with Crippen LogP contribution in [0, 0.1) is 0 Å². The van der Waals surface area contributed by atoms with Crippen molar-refractivity contribution in [3.63, 3.8) is 0 Å². The zero-order valence-electron chi connectivity index (χ0n) is 12.6. The Bertz CT molecular complexity index is 183. The second-order valence-electron chi connectivity index (χ2n) is 5.79. The van der Waals surface area contributed by atoms with Crippen LogP contribution in [0.2, 0.25) is 12.6 Å². The molecular weight excluding hydrogens is 295 g/mol. The minimum atomic E-state index is -1.83. The third kappa shape index (κ3) is 18.8. The molecule has 0 aliphatic rings. The van der Waals surface area contributed by atoms with Gasteiger partial charge in [0.05, 0.1) is 0 Å². The smallest absolute Gasteiger partial charge is 0.248 e. The SMILES string of the molecule is C[Si](Cl)(Cl)CCCCCCCCCCCCCCO. The summed E-state index contributed by atoms with van der Waals surface area (Å²) < 4.78 is 0. The summed E-state index contributed by atoms with van der Waals surface area (Å²) in [7, 11) is 0. The minimum absolute atomic E-state index is 0.356. The van der Waals surface area contributed by atoms with Gasteiger partial charge in [0.1, 0.15) is 0 Å². The summed E-state index contributed by atoms with van der Waals surface area (Å²) in [6, 6.07) is 1.05. The summed E-state index contributed by atoms with van der Waals surface area (Å²) in [5.74, 6) is 0. The maximum absolute atomic E-state index is 8.66. The summed E-state index contributed by atoms with van der Waals surface area (Å²) in [4.78, 5) is 0. The Hall–Kier alpha value is 0.757. The molecule has 0 radical (unpaired) electrons. The molecular formula is C15H32Cl2OSi. The second kappa shape index (κ2) is 13.7. The van der Waals surface area contributed by atoms with Crippen LogP contribution in [0.3, 0.4) is 0 Å². The van der Waals surface area contributed by atoms with Gasteiger partial charge in [-0.25, -0.2) is 0 Å². The van der Waals surface area contributed by atoms with Crippen LogP contribution in [-0.4, -0.2) is 18.4 Å². The molecule has 1 nitrogen and oxygen atoms in total. The molecule has 0 aliphatic heterocycles. The summed E-state index contributed by atoms with van der Waals surface area (Å²) in [5, 5.41) is 8.66. The predicted octanol–water partition coefficient (Wildman–Crippen LogP) is 6.21. The molecule has 0 aromatic carbocycles.